The van der Waals surface area contributed by atoms with Gasteiger partial charge in [0.15, 0.2) is 11.6 Å². The number of anilines is 3. The Balaban J connectivity index is 1.78. The standard InChI is InChI=1S/C22H19N5O4S/c1-14-10-11-16(12-15(14)2)23-21-22(25-20-9-4-3-8-19(20)24-21)26-32(30,31)18-7-5-6-17(13-18)27(28)29/h3-13H,1-2H3,(H,23,24)(H,25,26). The third-order valence-electron chi connectivity index (χ3n) is 4.91. The molecule has 0 aliphatic heterocycles. The van der Waals surface area contributed by atoms with Gasteiger partial charge in [0, 0.05) is 17.8 Å². The summed E-state index contributed by atoms with van der Waals surface area (Å²) in [7, 11) is -4.16. The Kier molecular flexibility index (Phi) is 5.45. The van der Waals surface area contributed by atoms with Crippen LogP contribution in [0.1, 0.15) is 11.1 Å². The van der Waals surface area contributed by atoms with Crippen LogP contribution in [0.2, 0.25) is 0 Å². The summed E-state index contributed by atoms with van der Waals surface area (Å²) in [5.41, 5.74) is 3.64. The number of fused-ring (bicyclic) bond motifs is 1. The van der Waals surface area contributed by atoms with Gasteiger partial charge in [0.1, 0.15) is 0 Å². The summed E-state index contributed by atoms with van der Waals surface area (Å²) in [6.45, 7) is 3.96. The van der Waals surface area contributed by atoms with Crippen molar-refractivity contribution in [2.24, 2.45) is 0 Å². The van der Waals surface area contributed by atoms with E-state index < -0.39 is 14.9 Å². The molecular weight excluding hydrogens is 430 g/mol. The van der Waals surface area contributed by atoms with Crippen molar-refractivity contribution >= 4 is 44.1 Å². The fourth-order valence-electron chi connectivity index (χ4n) is 3.06. The number of nitro benzene ring substituents is 1. The maximum Gasteiger partial charge on any atom is 0.270 e. The Labute approximate surface area is 184 Å². The number of benzene rings is 3. The molecule has 3 aromatic carbocycles. The summed E-state index contributed by atoms with van der Waals surface area (Å²) in [6.07, 6.45) is 0. The molecule has 0 saturated heterocycles. The van der Waals surface area contributed by atoms with E-state index >= 15 is 0 Å². The molecular formula is C22H19N5O4S. The molecule has 0 aliphatic carbocycles. The Morgan fingerprint density at radius 3 is 2.19 bits per heavy atom. The van der Waals surface area contributed by atoms with Crippen LogP contribution in [0.15, 0.2) is 71.6 Å². The summed E-state index contributed by atoms with van der Waals surface area (Å²) in [6, 6.07) is 17.6. The number of nitrogens with zero attached hydrogens (tertiary/aromatic N) is 3. The van der Waals surface area contributed by atoms with Gasteiger partial charge >= 0.3 is 0 Å². The van der Waals surface area contributed by atoms with Crippen molar-refractivity contribution in [3.8, 4) is 0 Å². The Bertz CT molecular complexity index is 1450. The first-order valence-corrected chi connectivity index (χ1v) is 11.1. The molecule has 0 amide bonds. The number of hydrogen-bond donors (Lipinski definition) is 2. The largest absolute Gasteiger partial charge is 0.337 e. The fourth-order valence-corrected chi connectivity index (χ4v) is 4.11. The number of hydrogen-bond acceptors (Lipinski definition) is 7. The maximum absolute atomic E-state index is 13.0. The normalized spacial score (nSPS) is 11.3. The first kappa shape index (κ1) is 21.2. The van der Waals surface area contributed by atoms with Gasteiger partial charge in [-0.05, 0) is 55.3 Å². The van der Waals surface area contributed by atoms with Crippen molar-refractivity contribution in [2.75, 3.05) is 10.0 Å². The van der Waals surface area contributed by atoms with Crippen LogP contribution < -0.4 is 10.0 Å². The molecule has 162 valence electrons. The first-order chi connectivity index (χ1) is 15.2. The molecule has 0 fully saturated rings. The first-order valence-electron chi connectivity index (χ1n) is 9.61. The number of non-ortho nitro benzene ring substituents is 1. The van der Waals surface area contributed by atoms with Crippen molar-refractivity contribution < 1.29 is 13.3 Å². The van der Waals surface area contributed by atoms with E-state index in [2.05, 4.69) is 20.0 Å². The molecule has 2 N–H and O–H groups in total. The molecule has 0 radical (unpaired) electrons. The minimum absolute atomic E-state index is 0.0200. The second-order valence-corrected chi connectivity index (χ2v) is 8.88. The summed E-state index contributed by atoms with van der Waals surface area (Å²) < 4.78 is 28.4. The van der Waals surface area contributed by atoms with Crippen LogP contribution >= 0.6 is 0 Å². The molecule has 4 rings (SSSR count). The van der Waals surface area contributed by atoms with Gasteiger partial charge in [-0.25, -0.2) is 18.4 Å². The highest BCUT2D eigenvalue weighted by molar-refractivity contribution is 7.92. The summed E-state index contributed by atoms with van der Waals surface area (Å²) in [5, 5.41) is 14.2. The van der Waals surface area contributed by atoms with Crippen LogP contribution in [0.25, 0.3) is 11.0 Å². The number of sulfonamides is 1. The molecule has 0 aliphatic rings. The molecule has 32 heavy (non-hydrogen) atoms. The van der Waals surface area contributed by atoms with Crippen LogP contribution in [0.5, 0.6) is 0 Å². The lowest BCUT2D eigenvalue weighted by Crippen LogP contribution is -2.16. The topological polar surface area (TPSA) is 127 Å². The van der Waals surface area contributed by atoms with Crippen molar-refractivity contribution in [1.82, 2.24) is 9.97 Å². The van der Waals surface area contributed by atoms with Gasteiger partial charge in [0.25, 0.3) is 15.7 Å². The molecule has 1 heterocycles. The molecule has 0 atom stereocenters. The molecule has 0 saturated carbocycles. The van der Waals surface area contributed by atoms with Crippen LogP contribution in [0.4, 0.5) is 23.0 Å². The molecule has 0 bridgehead atoms. The molecule has 4 aromatic rings. The predicted molar refractivity (Wildman–Crippen MR) is 123 cm³/mol. The average Bonchev–Trinajstić information content (AvgIpc) is 2.76. The van der Waals surface area contributed by atoms with Crippen LogP contribution in [0, 0.1) is 24.0 Å². The minimum Gasteiger partial charge on any atom is -0.337 e. The SMILES string of the molecule is Cc1ccc(Nc2nc3ccccc3nc2NS(=O)(=O)c2cccc([N+](=O)[O-])c2)cc1C. The number of rotatable bonds is 6. The zero-order chi connectivity index (χ0) is 22.9. The number of aryl methyl sites for hydroxylation is 2. The van der Waals surface area contributed by atoms with Gasteiger partial charge in [-0.15, -0.1) is 0 Å². The van der Waals surface area contributed by atoms with E-state index in [1.165, 1.54) is 18.2 Å². The third kappa shape index (κ3) is 4.35. The Morgan fingerprint density at radius 2 is 1.53 bits per heavy atom. The van der Waals surface area contributed by atoms with Gasteiger partial charge in [0.2, 0.25) is 0 Å². The van der Waals surface area contributed by atoms with E-state index in [0.29, 0.717) is 16.7 Å². The highest BCUT2D eigenvalue weighted by atomic mass is 32.2. The second kappa shape index (κ2) is 8.23. The molecule has 1 aromatic heterocycles. The van der Waals surface area contributed by atoms with Crippen molar-refractivity contribution in [3.05, 3.63) is 88.0 Å². The molecule has 10 heteroatoms. The molecule has 0 spiro atoms. The van der Waals surface area contributed by atoms with E-state index in [-0.39, 0.29) is 22.2 Å². The van der Waals surface area contributed by atoms with Crippen LogP contribution in [0.3, 0.4) is 0 Å². The minimum atomic E-state index is -4.16. The summed E-state index contributed by atoms with van der Waals surface area (Å²) in [5.74, 6) is 0.189. The zero-order valence-electron chi connectivity index (χ0n) is 17.2. The highest BCUT2D eigenvalue weighted by Gasteiger charge is 2.21. The van der Waals surface area contributed by atoms with Crippen molar-refractivity contribution in [3.63, 3.8) is 0 Å². The predicted octanol–water partition coefficient (Wildman–Crippen LogP) is 4.70. The lowest BCUT2D eigenvalue weighted by molar-refractivity contribution is -0.385. The Hall–Kier alpha value is -4.05. The Morgan fingerprint density at radius 1 is 0.844 bits per heavy atom. The summed E-state index contributed by atoms with van der Waals surface area (Å²) in [4.78, 5) is 19.1. The zero-order valence-corrected chi connectivity index (χ0v) is 18.1. The van der Waals surface area contributed by atoms with Crippen molar-refractivity contribution in [1.29, 1.82) is 0 Å². The number of aromatic nitrogens is 2. The van der Waals surface area contributed by atoms with E-state index in [1.807, 2.05) is 38.1 Å². The maximum atomic E-state index is 13.0. The number of nitro groups is 1. The van der Waals surface area contributed by atoms with E-state index in [9.17, 15) is 18.5 Å². The second-order valence-electron chi connectivity index (χ2n) is 7.19. The van der Waals surface area contributed by atoms with Crippen LogP contribution in [-0.4, -0.2) is 23.3 Å². The van der Waals surface area contributed by atoms with Gasteiger partial charge < -0.3 is 5.32 Å². The quantitative estimate of drug-likeness (QED) is 0.323. The smallest absolute Gasteiger partial charge is 0.270 e. The fraction of sp³-hybridized carbons (Fsp3) is 0.0909. The average molecular weight is 449 g/mol. The van der Waals surface area contributed by atoms with E-state index in [0.717, 1.165) is 17.2 Å². The van der Waals surface area contributed by atoms with Crippen LogP contribution in [-0.2, 0) is 10.0 Å². The van der Waals surface area contributed by atoms with Gasteiger partial charge in [-0.1, -0.05) is 24.3 Å². The number of nitrogens with one attached hydrogen (secondary N) is 2. The number of para-hydroxylation sites is 2. The van der Waals surface area contributed by atoms with E-state index in [1.54, 1.807) is 18.2 Å². The molecule has 0 unspecified atom stereocenters. The lowest BCUT2D eigenvalue weighted by atomic mass is 10.1. The monoisotopic (exact) mass is 449 g/mol. The van der Waals surface area contributed by atoms with Gasteiger partial charge in [0.05, 0.1) is 20.9 Å². The van der Waals surface area contributed by atoms with E-state index in [4.69, 9.17) is 0 Å². The summed E-state index contributed by atoms with van der Waals surface area (Å²) >= 11 is 0. The van der Waals surface area contributed by atoms with Gasteiger partial charge in [-0.2, -0.15) is 0 Å². The third-order valence-corrected chi connectivity index (χ3v) is 6.25. The molecule has 9 nitrogen and oxygen atoms in total. The van der Waals surface area contributed by atoms with Crippen molar-refractivity contribution in [2.45, 2.75) is 18.7 Å². The van der Waals surface area contributed by atoms with Gasteiger partial charge in [-0.3, -0.25) is 14.8 Å². The lowest BCUT2D eigenvalue weighted by Gasteiger charge is -2.14. The highest BCUT2D eigenvalue weighted by Crippen LogP contribution is 2.28.